The van der Waals surface area contributed by atoms with E-state index in [1.165, 1.54) is 0 Å². The standard InChI is InChI=1S/C9H23NO7P2.3Na/c1-4-8(2)7-10(3)6-5-9(11,18(12,13)14)19(15,16)17;;;/h8,11H,4-7H2,1-3H3,(H2,12,13,14)(H2,15,16,17);;;/q;3*+1/p-3. The second-order valence-electron chi connectivity index (χ2n) is 4.82. The fourth-order valence-electron chi connectivity index (χ4n) is 1.53. The molecule has 0 aromatic heterocycles. The maximum atomic E-state index is 10.9. The Hall–Kier alpha value is 3.22. The Kier molecular flexibility index (Phi) is 20.0. The van der Waals surface area contributed by atoms with Crippen LogP contribution in [0, 0.1) is 5.92 Å². The first kappa shape index (κ1) is 32.9. The molecule has 8 nitrogen and oxygen atoms in total. The zero-order valence-electron chi connectivity index (χ0n) is 14.2. The molecule has 22 heavy (non-hydrogen) atoms. The van der Waals surface area contributed by atoms with Crippen molar-refractivity contribution in [2.45, 2.75) is 31.8 Å². The largest absolute Gasteiger partial charge is 1.00 e. The Labute approximate surface area is 198 Å². The van der Waals surface area contributed by atoms with Crippen molar-refractivity contribution in [1.82, 2.24) is 4.90 Å². The second-order valence-corrected chi connectivity index (χ2v) is 8.69. The Morgan fingerprint density at radius 1 is 1.18 bits per heavy atom. The Balaban J connectivity index is -0.000000540. The van der Waals surface area contributed by atoms with Crippen LogP contribution < -0.4 is 103 Å². The number of hydrogen-bond acceptors (Lipinski definition) is 7. The van der Waals surface area contributed by atoms with E-state index in [1.807, 2.05) is 13.8 Å². The van der Waals surface area contributed by atoms with Gasteiger partial charge in [-0.1, -0.05) is 20.3 Å². The van der Waals surface area contributed by atoms with E-state index < -0.39 is 26.7 Å². The van der Waals surface area contributed by atoms with Gasteiger partial charge in [0.05, 0.1) is 0 Å². The van der Waals surface area contributed by atoms with E-state index >= 15 is 0 Å². The summed E-state index contributed by atoms with van der Waals surface area (Å²) in [4.78, 5) is 43.0. The van der Waals surface area contributed by atoms with Gasteiger partial charge in [0, 0.05) is 19.5 Å². The number of aliphatic hydroxyl groups is 1. The molecule has 0 amide bonds. The van der Waals surface area contributed by atoms with Crippen LogP contribution in [-0.4, -0.2) is 40.1 Å². The Bertz CT molecular complexity index is 367. The van der Waals surface area contributed by atoms with Crippen molar-refractivity contribution in [2.24, 2.45) is 5.92 Å². The van der Waals surface area contributed by atoms with E-state index in [2.05, 4.69) is 0 Å². The van der Waals surface area contributed by atoms with Crippen LogP contribution in [0.3, 0.4) is 0 Å². The molecule has 0 aliphatic heterocycles. The number of nitrogens with zero attached hydrogens (tertiary/aromatic N) is 1. The van der Waals surface area contributed by atoms with Crippen molar-refractivity contribution in [3.05, 3.63) is 0 Å². The summed E-state index contributed by atoms with van der Waals surface area (Å²) < 4.78 is 21.8. The van der Waals surface area contributed by atoms with Crippen molar-refractivity contribution in [3.8, 4) is 0 Å². The van der Waals surface area contributed by atoms with E-state index in [-0.39, 0.29) is 101 Å². The smallest absolute Gasteiger partial charge is 0.808 e. The zero-order valence-corrected chi connectivity index (χ0v) is 22.0. The Morgan fingerprint density at radius 3 is 1.86 bits per heavy atom. The van der Waals surface area contributed by atoms with Gasteiger partial charge in [-0.15, -0.1) is 0 Å². The summed E-state index contributed by atoms with van der Waals surface area (Å²) in [6.07, 6.45) is -0.0161. The van der Waals surface area contributed by atoms with Crippen LogP contribution in [0.2, 0.25) is 0 Å². The topological polar surface area (TPSA) is 147 Å². The van der Waals surface area contributed by atoms with Crippen LogP contribution >= 0.6 is 15.2 Å². The van der Waals surface area contributed by atoms with Crippen LogP contribution in [0.4, 0.5) is 0 Å². The molecule has 0 saturated carbocycles. The minimum absolute atomic E-state index is 0. The molecule has 0 aliphatic carbocycles. The Morgan fingerprint density at radius 2 is 1.59 bits per heavy atom. The molecule has 0 saturated heterocycles. The van der Waals surface area contributed by atoms with Gasteiger partial charge in [0.1, 0.15) is 0 Å². The quantitative estimate of drug-likeness (QED) is 0.309. The fraction of sp³-hybridized carbons (Fsp3) is 1.00. The van der Waals surface area contributed by atoms with E-state index in [4.69, 9.17) is 4.89 Å². The molecule has 0 bridgehead atoms. The predicted molar refractivity (Wildman–Crippen MR) is 64.0 cm³/mol. The second kappa shape index (κ2) is 13.4. The molecule has 3 unspecified atom stereocenters. The average molecular weight is 385 g/mol. The van der Waals surface area contributed by atoms with Crippen molar-refractivity contribution in [3.63, 3.8) is 0 Å². The molecule has 3 atom stereocenters. The van der Waals surface area contributed by atoms with Gasteiger partial charge < -0.3 is 38.7 Å². The summed E-state index contributed by atoms with van der Waals surface area (Å²) in [6.45, 7) is 4.29. The first-order chi connectivity index (χ1) is 8.35. The molecule has 0 aliphatic rings. The third-order valence-corrected chi connectivity index (χ3v) is 6.76. The maximum Gasteiger partial charge on any atom is 1.00 e. The van der Waals surface area contributed by atoms with Gasteiger partial charge >= 0.3 is 88.7 Å². The van der Waals surface area contributed by atoms with Crippen molar-refractivity contribution in [1.29, 1.82) is 0 Å². The normalized spacial score (nSPS) is 18.0. The molecule has 0 rings (SSSR count). The van der Waals surface area contributed by atoms with Gasteiger partial charge in [-0.25, -0.2) is 0 Å². The molecular formula is C9H20NNa3O7P2. The first-order valence-corrected chi connectivity index (χ1v) is 8.94. The first-order valence-electron chi connectivity index (χ1n) is 5.82. The van der Waals surface area contributed by atoms with Crippen molar-refractivity contribution >= 4 is 15.2 Å². The molecule has 0 aromatic carbocycles. The third kappa shape index (κ3) is 10.4. The molecule has 0 radical (unpaired) electrons. The minimum Gasteiger partial charge on any atom is -0.808 e. The van der Waals surface area contributed by atoms with Crippen LogP contribution in [0.1, 0.15) is 26.7 Å². The molecular weight excluding hydrogens is 365 g/mol. The van der Waals surface area contributed by atoms with Crippen molar-refractivity contribution in [2.75, 3.05) is 20.1 Å². The summed E-state index contributed by atoms with van der Waals surface area (Å²) >= 11 is 0. The SMILES string of the molecule is CCC(C)CN(C)CCC(O)(P(=O)([O-])[O-])P(=O)([O-])O.[Na+].[Na+].[Na+]. The maximum absolute atomic E-state index is 10.9. The monoisotopic (exact) mass is 385 g/mol. The van der Waals surface area contributed by atoms with Crippen LogP contribution in [0.25, 0.3) is 0 Å². The molecule has 0 spiro atoms. The molecule has 13 heteroatoms. The average Bonchev–Trinajstić information content (AvgIpc) is 2.22. The van der Waals surface area contributed by atoms with Crippen LogP contribution in [0.5, 0.6) is 0 Å². The van der Waals surface area contributed by atoms with Crippen LogP contribution in [0.15, 0.2) is 0 Å². The number of hydrogen-bond donors (Lipinski definition) is 2. The summed E-state index contributed by atoms with van der Waals surface area (Å²) in [7, 11) is -10.0. The molecule has 116 valence electrons. The van der Waals surface area contributed by atoms with Gasteiger partial charge in [-0.05, 0) is 20.6 Å². The van der Waals surface area contributed by atoms with Gasteiger partial charge in [0.25, 0.3) is 0 Å². The summed E-state index contributed by atoms with van der Waals surface area (Å²) in [5.74, 6) is 0.289. The summed E-state index contributed by atoms with van der Waals surface area (Å²) in [6, 6.07) is 0. The van der Waals surface area contributed by atoms with E-state index in [0.717, 1.165) is 6.42 Å². The summed E-state index contributed by atoms with van der Waals surface area (Å²) in [5.41, 5.74) is 0. The van der Waals surface area contributed by atoms with Gasteiger partial charge in [0.2, 0.25) is 0 Å². The van der Waals surface area contributed by atoms with Gasteiger partial charge in [0.15, 0.2) is 12.7 Å². The minimum atomic E-state index is -5.90. The molecule has 0 aromatic rings. The molecule has 0 fully saturated rings. The fourth-order valence-corrected chi connectivity index (χ4v) is 3.52. The predicted octanol–water partition coefficient (Wildman–Crippen LogP) is -10.5. The summed E-state index contributed by atoms with van der Waals surface area (Å²) in [5, 5.41) is 5.84. The zero-order chi connectivity index (χ0) is 15.5. The van der Waals surface area contributed by atoms with Gasteiger partial charge in [-0.3, -0.25) is 0 Å². The molecule has 0 heterocycles. The van der Waals surface area contributed by atoms with E-state index in [1.54, 1.807) is 11.9 Å². The third-order valence-electron chi connectivity index (χ3n) is 3.04. The van der Waals surface area contributed by atoms with Gasteiger partial charge in [-0.2, -0.15) is 0 Å². The number of rotatable bonds is 8. The molecule has 2 N–H and O–H groups in total. The van der Waals surface area contributed by atoms with E-state index in [9.17, 15) is 28.9 Å². The van der Waals surface area contributed by atoms with E-state index in [0.29, 0.717) is 6.54 Å². The van der Waals surface area contributed by atoms with Crippen LogP contribution in [-0.2, 0) is 9.13 Å². The van der Waals surface area contributed by atoms with Crippen molar-refractivity contribution < 1.29 is 122 Å².